The molecule has 0 spiro atoms. The van der Waals surface area contributed by atoms with Gasteiger partial charge in [0.2, 0.25) is 0 Å². The van der Waals surface area contributed by atoms with Crippen molar-refractivity contribution >= 4 is 22.7 Å². The number of hydrogen-bond donors (Lipinski definition) is 0. The van der Waals surface area contributed by atoms with E-state index >= 15 is 0 Å². The smallest absolute Gasteiger partial charge is 0.137 e. The fourth-order valence-corrected chi connectivity index (χ4v) is 7.63. The first-order valence-corrected chi connectivity index (χ1v) is 16.9. The summed E-state index contributed by atoms with van der Waals surface area (Å²) in [6, 6.07) is 60.9. The number of anilines is 3. The number of rotatable bonds is 6. The Morgan fingerprint density at radius 1 is 0.490 bits per heavy atom. The summed E-state index contributed by atoms with van der Waals surface area (Å²) in [4.78, 5) is 7.49. The van der Waals surface area contributed by atoms with Gasteiger partial charge in [-0.15, -0.1) is 0 Å². The van der Waals surface area contributed by atoms with E-state index in [9.17, 15) is 0 Å². The van der Waals surface area contributed by atoms with Crippen molar-refractivity contribution in [3.63, 3.8) is 0 Å². The number of hydrogen-bond acceptors (Lipinski definition) is 2. The monoisotopic (exact) mass is 629 g/mol. The van der Waals surface area contributed by atoms with Gasteiger partial charge >= 0.3 is 0 Å². The Balaban J connectivity index is 1.22. The molecule has 49 heavy (non-hydrogen) atoms. The van der Waals surface area contributed by atoms with Gasteiger partial charge in [0.05, 0.1) is 17.1 Å². The molecule has 0 radical (unpaired) electrons. The largest absolute Gasteiger partial charge is 0.310 e. The van der Waals surface area contributed by atoms with E-state index in [4.69, 9.17) is 4.98 Å². The van der Waals surface area contributed by atoms with Crippen LogP contribution < -0.4 is 4.90 Å². The Kier molecular flexibility index (Phi) is 6.80. The molecule has 2 aromatic heterocycles. The van der Waals surface area contributed by atoms with Crippen molar-refractivity contribution in [1.82, 2.24) is 9.38 Å². The fourth-order valence-electron chi connectivity index (χ4n) is 7.63. The second-order valence-corrected chi connectivity index (χ2v) is 13.3. The SMILES string of the molecule is CC1(C)c2ccccc2-c2ccc(N(c3ccc(-c4c(-c5ccccc5)nc5ccccn45)cc3)c3ccccc3-c3ccccc3)cc21. The molecule has 8 aromatic rings. The maximum absolute atomic E-state index is 5.07. The molecule has 0 fully saturated rings. The zero-order chi connectivity index (χ0) is 33.0. The van der Waals surface area contributed by atoms with Crippen LogP contribution >= 0.6 is 0 Å². The zero-order valence-corrected chi connectivity index (χ0v) is 27.6. The zero-order valence-electron chi connectivity index (χ0n) is 27.6. The first-order valence-electron chi connectivity index (χ1n) is 16.9. The second kappa shape index (κ2) is 11.5. The van der Waals surface area contributed by atoms with Crippen LogP contribution in [-0.2, 0) is 5.41 Å². The third-order valence-electron chi connectivity index (χ3n) is 10.0. The molecule has 0 amide bonds. The third-order valence-corrected chi connectivity index (χ3v) is 10.0. The molecular weight excluding hydrogens is 595 g/mol. The van der Waals surface area contributed by atoms with Gasteiger partial charge in [-0.1, -0.05) is 141 Å². The van der Waals surface area contributed by atoms with Crippen LogP contribution in [0.1, 0.15) is 25.0 Å². The molecule has 9 rings (SSSR count). The van der Waals surface area contributed by atoms with E-state index in [1.54, 1.807) is 0 Å². The lowest BCUT2D eigenvalue weighted by atomic mass is 9.82. The van der Waals surface area contributed by atoms with E-state index in [1.807, 2.05) is 6.07 Å². The third kappa shape index (κ3) is 4.77. The molecule has 0 aliphatic heterocycles. The molecule has 6 aromatic carbocycles. The first kappa shape index (κ1) is 29.0. The summed E-state index contributed by atoms with van der Waals surface area (Å²) in [5.41, 5.74) is 16.2. The molecule has 0 atom stereocenters. The summed E-state index contributed by atoms with van der Waals surface area (Å²) in [6.07, 6.45) is 2.10. The molecule has 3 nitrogen and oxygen atoms in total. The number of nitrogens with zero attached hydrogens (tertiary/aromatic N) is 3. The van der Waals surface area contributed by atoms with Gasteiger partial charge in [-0.05, 0) is 70.3 Å². The van der Waals surface area contributed by atoms with Crippen LogP contribution in [-0.4, -0.2) is 9.38 Å². The van der Waals surface area contributed by atoms with Crippen molar-refractivity contribution in [1.29, 1.82) is 0 Å². The van der Waals surface area contributed by atoms with E-state index in [-0.39, 0.29) is 5.41 Å². The molecule has 1 aliphatic carbocycles. The highest BCUT2D eigenvalue weighted by Crippen LogP contribution is 2.51. The summed E-state index contributed by atoms with van der Waals surface area (Å²) in [7, 11) is 0. The lowest BCUT2D eigenvalue weighted by molar-refractivity contribution is 0.660. The van der Waals surface area contributed by atoms with Gasteiger partial charge in [0.25, 0.3) is 0 Å². The first-order chi connectivity index (χ1) is 24.1. The minimum atomic E-state index is -0.104. The number of para-hydroxylation sites is 1. The highest BCUT2D eigenvalue weighted by molar-refractivity contribution is 5.91. The van der Waals surface area contributed by atoms with Gasteiger partial charge < -0.3 is 4.90 Å². The molecule has 0 bridgehead atoms. The molecular formula is C46H35N3. The van der Waals surface area contributed by atoms with Crippen molar-refractivity contribution in [3.8, 4) is 44.8 Å². The van der Waals surface area contributed by atoms with Crippen molar-refractivity contribution in [3.05, 3.63) is 187 Å². The fraction of sp³-hybridized carbons (Fsp3) is 0.0652. The maximum atomic E-state index is 5.07. The summed E-state index contributed by atoms with van der Waals surface area (Å²) in [5, 5.41) is 0. The number of imidazole rings is 1. The number of aromatic nitrogens is 2. The Morgan fingerprint density at radius 2 is 1.10 bits per heavy atom. The number of pyridine rings is 1. The maximum Gasteiger partial charge on any atom is 0.137 e. The standard InChI is InChI=1S/C46H35N3/c1-46(2)40-21-11-9-20-38(40)39-29-28-36(31-41(39)46)49(42-22-12-10-19-37(42)32-15-5-3-6-16-32)35-26-24-34(25-27-35)45-44(33-17-7-4-8-18-33)47-43-23-13-14-30-48(43)45/h3-31H,1-2H3. The van der Waals surface area contributed by atoms with Crippen LogP contribution in [0.5, 0.6) is 0 Å². The Bertz CT molecular complexity index is 2460. The van der Waals surface area contributed by atoms with Crippen molar-refractivity contribution in [2.45, 2.75) is 19.3 Å². The van der Waals surface area contributed by atoms with Crippen LogP contribution in [0, 0.1) is 0 Å². The highest BCUT2D eigenvalue weighted by Gasteiger charge is 2.35. The molecule has 0 N–H and O–H groups in total. The predicted molar refractivity (Wildman–Crippen MR) is 204 cm³/mol. The molecule has 3 heteroatoms. The highest BCUT2D eigenvalue weighted by atomic mass is 15.1. The molecule has 0 saturated heterocycles. The van der Waals surface area contributed by atoms with Gasteiger partial charge in [-0.25, -0.2) is 4.98 Å². The molecule has 1 aliphatic rings. The van der Waals surface area contributed by atoms with Gasteiger partial charge in [0.15, 0.2) is 0 Å². The van der Waals surface area contributed by atoms with E-state index in [2.05, 4.69) is 193 Å². The average Bonchev–Trinajstić information content (AvgIpc) is 3.66. The minimum absolute atomic E-state index is 0.104. The summed E-state index contributed by atoms with van der Waals surface area (Å²) < 4.78 is 2.19. The van der Waals surface area contributed by atoms with Gasteiger partial charge in [0.1, 0.15) is 5.65 Å². The Labute approximate surface area is 287 Å². The van der Waals surface area contributed by atoms with Crippen LogP contribution in [0.4, 0.5) is 17.1 Å². The quantitative estimate of drug-likeness (QED) is 0.182. The Hall–Kier alpha value is -6.19. The number of benzene rings is 6. The van der Waals surface area contributed by atoms with Crippen LogP contribution in [0.25, 0.3) is 50.4 Å². The van der Waals surface area contributed by atoms with E-state index in [0.717, 1.165) is 45.2 Å². The summed E-state index contributed by atoms with van der Waals surface area (Å²) >= 11 is 0. The van der Waals surface area contributed by atoms with E-state index in [0.29, 0.717) is 0 Å². The van der Waals surface area contributed by atoms with E-state index < -0.39 is 0 Å². The van der Waals surface area contributed by atoms with Crippen LogP contribution in [0.15, 0.2) is 176 Å². The Morgan fingerprint density at radius 3 is 1.88 bits per heavy atom. The predicted octanol–water partition coefficient (Wildman–Crippen LogP) is 12.1. The van der Waals surface area contributed by atoms with Crippen molar-refractivity contribution in [2.75, 3.05) is 4.90 Å². The topological polar surface area (TPSA) is 20.5 Å². The molecule has 0 saturated carbocycles. The van der Waals surface area contributed by atoms with Crippen LogP contribution in [0.3, 0.4) is 0 Å². The van der Waals surface area contributed by atoms with Crippen molar-refractivity contribution < 1.29 is 0 Å². The van der Waals surface area contributed by atoms with E-state index in [1.165, 1.54) is 33.4 Å². The summed E-state index contributed by atoms with van der Waals surface area (Å²) in [6.45, 7) is 4.69. The van der Waals surface area contributed by atoms with Crippen molar-refractivity contribution in [2.24, 2.45) is 0 Å². The second-order valence-electron chi connectivity index (χ2n) is 13.3. The lowest BCUT2D eigenvalue weighted by Gasteiger charge is -2.30. The lowest BCUT2D eigenvalue weighted by Crippen LogP contribution is -2.16. The van der Waals surface area contributed by atoms with Gasteiger partial charge in [-0.2, -0.15) is 0 Å². The molecule has 234 valence electrons. The normalized spacial score (nSPS) is 12.9. The van der Waals surface area contributed by atoms with Gasteiger partial charge in [-0.3, -0.25) is 4.40 Å². The molecule has 0 unspecified atom stereocenters. The number of fused-ring (bicyclic) bond motifs is 4. The molecule has 2 heterocycles. The van der Waals surface area contributed by atoms with Crippen LogP contribution in [0.2, 0.25) is 0 Å². The van der Waals surface area contributed by atoms with Gasteiger partial charge in [0, 0.05) is 39.7 Å². The summed E-state index contributed by atoms with van der Waals surface area (Å²) in [5.74, 6) is 0. The average molecular weight is 630 g/mol. The minimum Gasteiger partial charge on any atom is -0.310 e.